The van der Waals surface area contributed by atoms with Crippen LogP contribution in [0.4, 0.5) is 0 Å². The van der Waals surface area contributed by atoms with Gasteiger partial charge in [-0.05, 0) is 19.4 Å². The van der Waals surface area contributed by atoms with Gasteiger partial charge in [-0.3, -0.25) is 4.90 Å². The van der Waals surface area contributed by atoms with Gasteiger partial charge in [-0.25, -0.2) is 0 Å². The maximum absolute atomic E-state index is 9.62. The van der Waals surface area contributed by atoms with Gasteiger partial charge in [0, 0.05) is 43.9 Å². The summed E-state index contributed by atoms with van der Waals surface area (Å²) < 4.78 is 5.45. The monoisotopic (exact) mass is 348 g/mol. The van der Waals surface area contributed by atoms with Gasteiger partial charge in [0.1, 0.15) is 11.5 Å². The van der Waals surface area contributed by atoms with Crippen LogP contribution in [0.25, 0.3) is 0 Å². The molecule has 0 amide bonds. The number of halogens is 2. The van der Waals surface area contributed by atoms with Crippen LogP contribution in [0.1, 0.15) is 24.9 Å². The molecule has 6 heteroatoms. The van der Waals surface area contributed by atoms with E-state index >= 15 is 0 Å². The molecular weight excluding hydrogens is 323 g/mol. The van der Waals surface area contributed by atoms with Crippen molar-refractivity contribution in [3.63, 3.8) is 0 Å². The van der Waals surface area contributed by atoms with E-state index < -0.39 is 0 Å². The number of hydrogen-bond acceptors (Lipinski definition) is 4. The van der Waals surface area contributed by atoms with Gasteiger partial charge in [0.15, 0.2) is 0 Å². The molecule has 1 aromatic rings. The number of ether oxygens (including phenoxy) is 1. The predicted octanol–water partition coefficient (Wildman–Crippen LogP) is 3.16. The van der Waals surface area contributed by atoms with Gasteiger partial charge in [-0.2, -0.15) is 0 Å². The maximum Gasteiger partial charge on any atom is 0.127 e. The van der Waals surface area contributed by atoms with Crippen molar-refractivity contribution in [1.29, 1.82) is 0 Å². The maximum atomic E-state index is 9.62. The van der Waals surface area contributed by atoms with Crippen LogP contribution in [0.3, 0.4) is 0 Å². The first-order valence-corrected chi connectivity index (χ1v) is 7.08. The number of nitrogens with one attached hydrogen (secondary N) is 1. The average molecular weight is 349 g/mol. The van der Waals surface area contributed by atoms with Crippen molar-refractivity contribution in [3.8, 4) is 11.5 Å². The van der Waals surface area contributed by atoms with Gasteiger partial charge in [0.25, 0.3) is 0 Å². The van der Waals surface area contributed by atoms with E-state index in [1.807, 2.05) is 6.07 Å². The Morgan fingerprint density at radius 3 is 2.55 bits per heavy atom. The first-order valence-electron chi connectivity index (χ1n) is 7.08. The van der Waals surface area contributed by atoms with Crippen LogP contribution in [-0.2, 0) is 0 Å². The highest BCUT2D eigenvalue weighted by Gasteiger charge is 2.25. The molecule has 1 saturated heterocycles. The second kappa shape index (κ2) is 9.95. The third-order valence-corrected chi connectivity index (χ3v) is 3.71. The minimum Gasteiger partial charge on any atom is -0.508 e. The highest BCUT2D eigenvalue weighted by atomic mass is 35.5. The molecule has 1 aliphatic rings. The third kappa shape index (κ3) is 5.36. The van der Waals surface area contributed by atoms with E-state index in [9.17, 15) is 5.11 Å². The number of aromatic hydroxyl groups is 1. The van der Waals surface area contributed by atoms with Crippen molar-refractivity contribution in [3.05, 3.63) is 35.9 Å². The molecule has 0 radical (unpaired) electrons. The summed E-state index contributed by atoms with van der Waals surface area (Å²) in [6.45, 7) is 10.2. The summed E-state index contributed by atoms with van der Waals surface area (Å²) in [6, 6.07) is 5.63. The van der Waals surface area contributed by atoms with E-state index in [1.54, 1.807) is 19.2 Å². The lowest BCUT2D eigenvalue weighted by molar-refractivity contribution is 0.169. The lowest BCUT2D eigenvalue weighted by Gasteiger charge is -2.36. The van der Waals surface area contributed by atoms with Crippen LogP contribution in [0, 0.1) is 0 Å². The van der Waals surface area contributed by atoms with E-state index in [1.165, 1.54) is 0 Å². The second-order valence-electron chi connectivity index (χ2n) is 5.39. The molecule has 1 fully saturated rings. The Balaban J connectivity index is 0.00000220. The molecule has 1 heterocycles. The summed E-state index contributed by atoms with van der Waals surface area (Å²) >= 11 is 0. The lowest BCUT2D eigenvalue weighted by atomic mass is 9.97. The largest absolute Gasteiger partial charge is 0.508 e. The summed E-state index contributed by atoms with van der Waals surface area (Å²) in [5.74, 6) is 0.981. The van der Waals surface area contributed by atoms with Crippen LogP contribution in [-0.4, -0.2) is 43.3 Å². The molecule has 2 rings (SSSR count). The lowest BCUT2D eigenvalue weighted by Crippen LogP contribution is -2.45. The molecule has 0 aromatic heterocycles. The number of phenolic OH excluding ortho intramolecular Hbond substituents is 1. The predicted molar refractivity (Wildman–Crippen MR) is 95.8 cm³/mol. The Labute approximate surface area is 145 Å². The smallest absolute Gasteiger partial charge is 0.127 e. The van der Waals surface area contributed by atoms with E-state index in [0.29, 0.717) is 0 Å². The van der Waals surface area contributed by atoms with Crippen molar-refractivity contribution in [2.24, 2.45) is 0 Å². The molecule has 1 aliphatic heterocycles. The number of hydrogen-bond donors (Lipinski definition) is 2. The molecule has 0 aliphatic carbocycles. The zero-order valence-corrected chi connectivity index (χ0v) is 14.8. The normalized spacial score (nSPS) is 16.1. The Hall–Kier alpha value is -0.940. The standard InChI is InChI=1S/C16H24N2O2.2ClH/c1-12(2)10-15(18-8-6-17-7-9-18)14-5-4-13(19)11-16(14)20-3;;/h4-5,11,15,17,19H,1,6-10H2,2-3H3;2*1H/t15-;;/m1../s1. The Bertz CT molecular complexity index is 477. The molecule has 0 bridgehead atoms. The summed E-state index contributed by atoms with van der Waals surface area (Å²) in [4.78, 5) is 2.46. The fourth-order valence-electron chi connectivity index (χ4n) is 2.73. The van der Waals surface area contributed by atoms with Crippen molar-refractivity contribution >= 4 is 24.8 Å². The van der Waals surface area contributed by atoms with Gasteiger partial charge in [0.2, 0.25) is 0 Å². The van der Waals surface area contributed by atoms with Gasteiger partial charge in [0.05, 0.1) is 7.11 Å². The molecule has 0 unspecified atom stereocenters. The van der Waals surface area contributed by atoms with Gasteiger partial charge in [-0.1, -0.05) is 11.6 Å². The van der Waals surface area contributed by atoms with Gasteiger partial charge >= 0.3 is 0 Å². The van der Waals surface area contributed by atoms with E-state index in [0.717, 1.165) is 49.5 Å². The van der Waals surface area contributed by atoms with Crippen LogP contribution in [0.15, 0.2) is 30.4 Å². The first kappa shape index (κ1) is 21.1. The van der Waals surface area contributed by atoms with E-state index in [-0.39, 0.29) is 36.6 Å². The van der Waals surface area contributed by atoms with E-state index in [4.69, 9.17) is 4.74 Å². The Morgan fingerprint density at radius 2 is 2.00 bits per heavy atom. The average Bonchev–Trinajstić information content (AvgIpc) is 2.45. The number of benzene rings is 1. The van der Waals surface area contributed by atoms with Crippen molar-refractivity contribution in [1.82, 2.24) is 10.2 Å². The summed E-state index contributed by atoms with van der Waals surface area (Å²) in [7, 11) is 1.65. The molecule has 1 atom stereocenters. The van der Waals surface area contributed by atoms with Crippen LogP contribution in [0.2, 0.25) is 0 Å². The highest BCUT2D eigenvalue weighted by Crippen LogP contribution is 2.35. The Kier molecular flexibility index (Phi) is 9.53. The fraction of sp³-hybridized carbons (Fsp3) is 0.500. The zero-order valence-electron chi connectivity index (χ0n) is 13.2. The highest BCUT2D eigenvalue weighted by molar-refractivity contribution is 5.85. The second-order valence-corrected chi connectivity index (χ2v) is 5.39. The topological polar surface area (TPSA) is 44.7 Å². The minimum absolute atomic E-state index is 0. The van der Waals surface area contributed by atoms with Gasteiger partial charge < -0.3 is 15.2 Å². The molecule has 1 aromatic carbocycles. The third-order valence-electron chi connectivity index (χ3n) is 3.71. The summed E-state index contributed by atoms with van der Waals surface area (Å²) in [5, 5.41) is 13.0. The Morgan fingerprint density at radius 1 is 1.36 bits per heavy atom. The van der Waals surface area contributed by atoms with E-state index in [2.05, 4.69) is 23.7 Å². The molecule has 126 valence electrons. The van der Waals surface area contributed by atoms with Gasteiger partial charge in [-0.15, -0.1) is 31.4 Å². The number of phenols is 1. The molecule has 4 nitrogen and oxygen atoms in total. The van der Waals surface area contributed by atoms with Crippen LogP contribution in [0.5, 0.6) is 11.5 Å². The van der Waals surface area contributed by atoms with Crippen molar-refractivity contribution in [2.45, 2.75) is 19.4 Å². The number of piperazine rings is 1. The van der Waals surface area contributed by atoms with Crippen LogP contribution >= 0.6 is 24.8 Å². The quantitative estimate of drug-likeness (QED) is 0.802. The van der Waals surface area contributed by atoms with Crippen molar-refractivity contribution in [2.75, 3.05) is 33.3 Å². The zero-order chi connectivity index (χ0) is 14.5. The molecule has 22 heavy (non-hydrogen) atoms. The fourth-order valence-corrected chi connectivity index (χ4v) is 2.73. The SMILES string of the molecule is C=C(C)C[C@H](c1ccc(O)cc1OC)N1CCNCC1.Cl.Cl. The molecule has 0 spiro atoms. The molecule has 2 N–H and O–H groups in total. The molecular formula is C16H26Cl2N2O2. The summed E-state index contributed by atoms with van der Waals surface area (Å²) in [5.41, 5.74) is 2.28. The molecule has 0 saturated carbocycles. The number of methoxy groups -OCH3 is 1. The summed E-state index contributed by atoms with van der Waals surface area (Å²) in [6.07, 6.45) is 0.904. The van der Waals surface area contributed by atoms with Crippen molar-refractivity contribution < 1.29 is 9.84 Å². The van der Waals surface area contributed by atoms with Crippen LogP contribution < -0.4 is 10.1 Å². The minimum atomic E-state index is 0. The number of rotatable bonds is 5. The first-order chi connectivity index (χ1) is 9.61. The number of nitrogens with zero attached hydrogens (tertiary/aromatic N) is 1.